The molecule has 0 heterocycles. The average molecular weight is 501 g/mol. The Balaban J connectivity index is 1.87. The number of rotatable bonds is 9. The molecule has 0 bridgehead atoms. The Kier molecular flexibility index (Phi) is 8.65. The molecule has 0 aliphatic heterocycles. The normalized spacial score (nSPS) is 38.8. The topological polar surface area (TPSA) is 83.8 Å². The first-order chi connectivity index (χ1) is 16.8. The predicted molar refractivity (Wildman–Crippen MR) is 143 cm³/mol. The van der Waals surface area contributed by atoms with Crippen LogP contribution < -0.4 is 0 Å². The maximum absolute atomic E-state index is 13.0. The van der Waals surface area contributed by atoms with Crippen molar-refractivity contribution in [3.05, 3.63) is 36.0 Å². The molecule has 2 N–H and O–H groups in total. The van der Waals surface area contributed by atoms with Crippen molar-refractivity contribution in [2.45, 2.75) is 98.5 Å². The summed E-state index contributed by atoms with van der Waals surface area (Å²) in [7, 11) is 0. The molecule has 3 aliphatic carbocycles. The molecule has 0 saturated heterocycles. The molecule has 3 rings (SSSR count). The number of carboxylic acid groups (broad SMARTS) is 1. The lowest BCUT2D eigenvalue weighted by Gasteiger charge is -2.60. The van der Waals surface area contributed by atoms with Crippen LogP contribution in [0.5, 0.6) is 0 Å². The van der Waals surface area contributed by atoms with E-state index in [1.807, 2.05) is 19.9 Å². The van der Waals surface area contributed by atoms with Gasteiger partial charge in [0.15, 0.2) is 0 Å². The lowest BCUT2D eigenvalue weighted by atomic mass is 9.45. The molecule has 0 radical (unpaired) electrons. The maximum atomic E-state index is 13.0. The van der Waals surface area contributed by atoms with Gasteiger partial charge < -0.3 is 14.9 Å². The maximum Gasteiger partial charge on any atom is 0.310 e. The van der Waals surface area contributed by atoms with E-state index < -0.39 is 11.4 Å². The highest BCUT2D eigenvalue weighted by Gasteiger charge is 2.58. The summed E-state index contributed by atoms with van der Waals surface area (Å²) in [4.78, 5) is 23.4. The lowest BCUT2D eigenvalue weighted by molar-refractivity contribution is -0.160. The highest BCUT2D eigenvalue weighted by molar-refractivity contribution is 5.76. The van der Waals surface area contributed by atoms with Gasteiger partial charge in [0, 0.05) is 0 Å². The van der Waals surface area contributed by atoms with E-state index in [2.05, 4.69) is 33.9 Å². The summed E-state index contributed by atoms with van der Waals surface area (Å²) < 4.78 is 4.79. The molecule has 7 atom stereocenters. The zero-order valence-corrected chi connectivity index (χ0v) is 23.1. The average Bonchev–Trinajstić information content (AvgIpc) is 2.80. The van der Waals surface area contributed by atoms with Crippen LogP contribution in [0.15, 0.2) is 36.0 Å². The van der Waals surface area contributed by atoms with Crippen molar-refractivity contribution >= 4 is 12.4 Å². The zero-order valence-electron chi connectivity index (χ0n) is 23.1. The number of aliphatic carboxylic acids is 1. The van der Waals surface area contributed by atoms with Crippen LogP contribution in [-0.4, -0.2) is 35.4 Å². The molecule has 5 nitrogen and oxygen atoms in total. The number of fused-ring (bicyclic) bond motifs is 1. The Bertz CT molecular complexity index is 901. The van der Waals surface area contributed by atoms with E-state index in [0.29, 0.717) is 12.4 Å². The van der Waals surface area contributed by atoms with Gasteiger partial charge in [0.05, 0.1) is 11.5 Å². The van der Waals surface area contributed by atoms with Gasteiger partial charge in [0.1, 0.15) is 6.61 Å². The molecule has 3 aliphatic rings. The molecule has 0 aromatic rings. The lowest BCUT2D eigenvalue weighted by Crippen LogP contribution is -2.56. The summed E-state index contributed by atoms with van der Waals surface area (Å²) in [6.45, 7) is 20.3. The molecule has 202 valence electrons. The number of carbonyl (C=O) groups excluding carboxylic acids is 1. The van der Waals surface area contributed by atoms with Gasteiger partial charge in [0.25, 0.3) is 6.47 Å². The second kappa shape index (κ2) is 10.8. The fourth-order valence-corrected chi connectivity index (χ4v) is 8.32. The number of carboxylic acids is 1. The number of hydrogen-bond donors (Lipinski definition) is 2. The minimum absolute atomic E-state index is 0.0271. The van der Waals surface area contributed by atoms with Crippen molar-refractivity contribution < 1.29 is 24.5 Å². The molecule has 0 amide bonds. The Morgan fingerprint density at radius 2 is 1.72 bits per heavy atom. The predicted octanol–water partition coefficient (Wildman–Crippen LogP) is 6.72. The highest BCUT2D eigenvalue weighted by Crippen LogP contribution is 2.63. The van der Waals surface area contributed by atoms with Crippen molar-refractivity contribution in [2.24, 2.45) is 39.9 Å². The van der Waals surface area contributed by atoms with Gasteiger partial charge in [-0.15, -0.1) is 0 Å². The van der Waals surface area contributed by atoms with Crippen molar-refractivity contribution in [3.8, 4) is 0 Å². The summed E-state index contributed by atoms with van der Waals surface area (Å²) in [5.74, 6) is -0.127. The number of hydrogen-bond acceptors (Lipinski definition) is 4. The molecular weight excluding hydrogens is 452 g/mol. The van der Waals surface area contributed by atoms with E-state index in [1.54, 1.807) is 0 Å². The van der Waals surface area contributed by atoms with Gasteiger partial charge in [-0.3, -0.25) is 9.59 Å². The fourth-order valence-electron chi connectivity index (χ4n) is 8.32. The first kappa shape index (κ1) is 28.7. The van der Waals surface area contributed by atoms with Gasteiger partial charge in [-0.1, -0.05) is 50.6 Å². The van der Waals surface area contributed by atoms with E-state index in [4.69, 9.17) is 4.74 Å². The first-order valence-electron chi connectivity index (χ1n) is 13.8. The smallest absolute Gasteiger partial charge is 0.310 e. The second-order valence-electron chi connectivity index (χ2n) is 13.0. The SMILES string of the molecule is C=C1CC[C@H]2C(C)(C)[C@H](O)CC[C@]2(C)[C@@H]1C[C@@H]1CCC(=C)[C@H](CC/C(C)=C/COC=O)[C@@]1(C)C(=O)O. The molecule has 0 aromatic carbocycles. The van der Waals surface area contributed by atoms with Crippen molar-refractivity contribution in [3.63, 3.8) is 0 Å². The van der Waals surface area contributed by atoms with Gasteiger partial charge in [-0.05, 0) is 112 Å². The van der Waals surface area contributed by atoms with E-state index in [9.17, 15) is 19.8 Å². The monoisotopic (exact) mass is 500 g/mol. The molecular formula is C31H48O5. The quantitative estimate of drug-likeness (QED) is 0.209. The largest absolute Gasteiger partial charge is 0.481 e. The molecule has 3 saturated carbocycles. The van der Waals surface area contributed by atoms with E-state index in [0.717, 1.165) is 68.9 Å². The molecule has 0 aromatic heterocycles. The van der Waals surface area contributed by atoms with Gasteiger partial charge in [-0.2, -0.15) is 0 Å². The Morgan fingerprint density at radius 1 is 1.08 bits per heavy atom. The van der Waals surface area contributed by atoms with E-state index in [1.165, 1.54) is 5.57 Å². The van der Waals surface area contributed by atoms with Crippen molar-refractivity contribution in [1.82, 2.24) is 0 Å². The number of aliphatic hydroxyl groups is 1. The summed E-state index contributed by atoms with van der Waals surface area (Å²) in [5.41, 5.74) is 2.40. The van der Waals surface area contributed by atoms with Gasteiger partial charge in [-0.25, -0.2) is 0 Å². The molecule has 3 fully saturated rings. The Morgan fingerprint density at radius 3 is 2.36 bits per heavy atom. The summed E-state index contributed by atoms with van der Waals surface area (Å²) in [6, 6.07) is 0. The van der Waals surface area contributed by atoms with Crippen LogP contribution in [0.4, 0.5) is 0 Å². The van der Waals surface area contributed by atoms with E-state index in [-0.39, 0.29) is 41.3 Å². The van der Waals surface area contributed by atoms with Gasteiger partial charge in [0.2, 0.25) is 0 Å². The third kappa shape index (κ3) is 5.10. The van der Waals surface area contributed by atoms with Crippen molar-refractivity contribution in [2.75, 3.05) is 6.61 Å². The first-order valence-corrected chi connectivity index (χ1v) is 13.8. The van der Waals surface area contributed by atoms with Crippen LogP contribution in [-0.2, 0) is 14.3 Å². The second-order valence-corrected chi connectivity index (χ2v) is 13.0. The summed E-state index contributed by atoms with van der Waals surface area (Å²) in [5, 5.41) is 21.5. The van der Waals surface area contributed by atoms with Crippen LogP contribution in [0.3, 0.4) is 0 Å². The molecule has 5 heteroatoms. The number of aliphatic hydroxyl groups excluding tert-OH is 1. The van der Waals surface area contributed by atoms with Gasteiger partial charge >= 0.3 is 5.97 Å². The molecule has 0 spiro atoms. The zero-order chi connectivity index (χ0) is 26.9. The highest BCUT2D eigenvalue weighted by atomic mass is 16.5. The van der Waals surface area contributed by atoms with Crippen LogP contribution in [0, 0.1) is 39.9 Å². The standard InChI is InChI=1S/C31H48O5/c1-20(15-17-36-19-32)8-12-24-21(2)9-11-23(31(24,7)28(34)35)18-25-22(3)10-13-26-29(4,5)27(33)14-16-30(25,26)6/h15,19,23-27,33H,2-3,8-14,16-18H2,1,4-7H3,(H,34,35)/b20-15+/t23-,24-,25+,26-,27+,30+,31-/m0/s1. The van der Waals surface area contributed by atoms with Crippen LogP contribution in [0.2, 0.25) is 0 Å². The number of ether oxygens (including phenoxy) is 1. The molecule has 36 heavy (non-hydrogen) atoms. The minimum Gasteiger partial charge on any atom is -0.481 e. The van der Waals surface area contributed by atoms with Crippen LogP contribution in [0.25, 0.3) is 0 Å². The van der Waals surface area contributed by atoms with Crippen molar-refractivity contribution in [1.29, 1.82) is 0 Å². The number of carbonyl (C=O) groups is 2. The fraction of sp³-hybridized carbons (Fsp3) is 0.742. The van der Waals surface area contributed by atoms with Crippen LogP contribution >= 0.6 is 0 Å². The third-order valence-electron chi connectivity index (χ3n) is 10.8. The van der Waals surface area contributed by atoms with Crippen LogP contribution in [0.1, 0.15) is 92.4 Å². The Labute approximate surface area is 218 Å². The minimum atomic E-state index is -0.887. The number of allylic oxidation sites excluding steroid dienone is 3. The Hall–Kier alpha value is -1.88. The van der Waals surface area contributed by atoms with E-state index >= 15 is 0 Å². The third-order valence-corrected chi connectivity index (χ3v) is 10.8. The summed E-state index contributed by atoms with van der Waals surface area (Å²) >= 11 is 0. The molecule has 0 unspecified atom stereocenters. The summed E-state index contributed by atoms with van der Waals surface area (Å²) in [6.07, 6.45) is 9.40.